The molecule has 2 rings (SSSR count). The lowest BCUT2D eigenvalue weighted by Gasteiger charge is -2.03. The molecule has 102 valence electrons. The second kappa shape index (κ2) is 5.32. The molecule has 0 radical (unpaired) electrons. The van der Waals surface area contributed by atoms with Gasteiger partial charge in [-0.3, -0.25) is 9.48 Å². The quantitative estimate of drug-likeness (QED) is 0.862. The first-order valence-electron chi connectivity index (χ1n) is 5.17. The van der Waals surface area contributed by atoms with Crippen LogP contribution in [-0.2, 0) is 22.6 Å². The van der Waals surface area contributed by atoms with Crippen molar-refractivity contribution in [2.45, 2.75) is 10.8 Å². The van der Waals surface area contributed by atoms with E-state index in [1.807, 2.05) is 0 Å². The van der Waals surface area contributed by atoms with Gasteiger partial charge in [-0.1, -0.05) is 0 Å². The first kappa shape index (κ1) is 14.0. The van der Waals surface area contributed by atoms with Gasteiger partial charge in [0.15, 0.2) is 0 Å². The van der Waals surface area contributed by atoms with Crippen LogP contribution in [0.25, 0.3) is 0 Å². The summed E-state index contributed by atoms with van der Waals surface area (Å²) >= 11 is 1.03. The standard InChI is InChI=1S/C10H10ClN3O3S2/c1-14-8(4-5-13-14)10(15)12-6-7-2-3-9(18-7)19(11,16)17/h2-5H,6H2,1H3,(H,12,15). The zero-order chi connectivity index (χ0) is 14.0. The summed E-state index contributed by atoms with van der Waals surface area (Å²) in [6.45, 7) is 0.237. The maximum atomic E-state index is 11.8. The molecular weight excluding hydrogens is 310 g/mol. The molecule has 9 heteroatoms. The van der Waals surface area contributed by atoms with Crippen molar-refractivity contribution in [2.75, 3.05) is 0 Å². The minimum atomic E-state index is -3.71. The number of aromatic nitrogens is 2. The molecule has 0 aliphatic carbocycles. The number of carbonyl (C=O) groups is 1. The minimum absolute atomic E-state index is 0.0685. The second-order valence-corrected chi connectivity index (χ2v) is 7.64. The molecule has 0 spiro atoms. The molecule has 19 heavy (non-hydrogen) atoms. The van der Waals surface area contributed by atoms with Crippen LogP contribution >= 0.6 is 22.0 Å². The van der Waals surface area contributed by atoms with Gasteiger partial charge in [0.05, 0.1) is 6.54 Å². The van der Waals surface area contributed by atoms with Gasteiger partial charge in [0.1, 0.15) is 9.90 Å². The van der Waals surface area contributed by atoms with E-state index in [1.54, 1.807) is 19.2 Å². The number of aryl methyl sites for hydroxylation is 1. The summed E-state index contributed by atoms with van der Waals surface area (Å²) in [7, 11) is 3.18. The Morgan fingerprint density at radius 3 is 2.74 bits per heavy atom. The van der Waals surface area contributed by atoms with E-state index in [4.69, 9.17) is 10.7 Å². The molecule has 1 N–H and O–H groups in total. The second-order valence-electron chi connectivity index (χ2n) is 3.68. The lowest BCUT2D eigenvalue weighted by molar-refractivity contribution is 0.0942. The lowest BCUT2D eigenvalue weighted by atomic mass is 10.4. The van der Waals surface area contributed by atoms with Crippen LogP contribution in [0, 0.1) is 0 Å². The topological polar surface area (TPSA) is 81.1 Å². The Balaban J connectivity index is 2.02. The summed E-state index contributed by atoms with van der Waals surface area (Å²) < 4.78 is 23.7. The Morgan fingerprint density at radius 2 is 2.21 bits per heavy atom. The molecule has 2 aromatic heterocycles. The number of hydrogen-bond acceptors (Lipinski definition) is 5. The highest BCUT2D eigenvalue weighted by Crippen LogP contribution is 2.24. The van der Waals surface area contributed by atoms with E-state index in [9.17, 15) is 13.2 Å². The van der Waals surface area contributed by atoms with Gasteiger partial charge in [0, 0.05) is 28.8 Å². The fourth-order valence-corrected chi connectivity index (χ4v) is 3.50. The molecule has 2 aromatic rings. The molecule has 0 aliphatic heterocycles. The number of nitrogens with one attached hydrogen (secondary N) is 1. The van der Waals surface area contributed by atoms with Gasteiger partial charge in [-0.05, 0) is 18.2 Å². The van der Waals surface area contributed by atoms with Crippen LogP contribution in [0.5, 0.6) is 0 Å². The number of nitrogens with zero attached hydrogens (tertiary/aromatic N) is 2. The van der Waals surface area contributed by atoms with E-state index in [0.29, 0.717) is 10.6 Å². The number of amides is 1. The molecule has 2 heterocycles. The Hall–Kier alpha value is -1.38. The molecule has 0 fully saturated rings. The van der Waals surface area contributed by atoms with E-state index < -0.39 is 9.05 Å². The first-order valence-corrected chi connectivity index (χ1v) is 8.30. The zero-order valence-electron chi connectivity index (χ0n) is 9.83. The van der Waals surface area contributed by atoms with E-state index in [-0.39, 0.29) is 16.7 Å². The number of thiophene rings is 1. The summed E-state index contributed by atoms with van der Waals surface area (Å²) in [6.07, 6.45) is 1.53. The molecule has 0 unspecified atom stereocenters. The van der Waals surface area contributed by atoms with Crippen LogP contribution in [0.1, 0.15) is 15.4 Å². The van der Waals surface area contributed by atoms with Gasteiger partial charge in [0.25, 0.3) is 15.0 Å². The van der Waals surface area contributed by atoms with Crippen LogP contribution < -0.4 is 5.32 Å². The summed E-state index contributed by atoms with van der Waals surface area (Å²) in [5, 5.41) is 6.57. The van der Waals surface area contributed by atoms with Gasteiger partial charge in [-0.25, -0.2) is 8.42 Å². The molecule has 0 saturated heterocycles. The third-order valence-electron chi connectivity index (χ3n) is 2.35. The first-order chi connectivity index (χ1) is 8.88. The number of halogens is 1. The molecule has 0 atom stereocenters. The van der Waals surface area contributed by atoms with Gasteiger partial charge >= 0.3 is 0 Å². The minimum Gasteiger partial charge on any atom is -0.346 e. The van der Waals surface area contributed by atoms with Crippen LogP contribution in [0.2, 0.25) is 0 Å². The van der Waals surface area contributed by atoms with Crippen molar-refractivity contribution in [1.29, 1.82) is 0 Å². The van der Waals surface area contributed by atoms with Crippen LogP contribution in [0.15, 0.2) is 28.6 Å². The van der Waals surface area contributed by atoms with E-state index in [2.05, 4.69) is 10.4 Å². The Labute approximate surface area is 118 Å². The fraction of sp³-hybridized carbons (Fsp3) is 0.200. The molecule has 6 nitrogen and oxygen atoms in total. The van der Waals surface area contributed by atoms with Crippen LogP contribution in [-0.4, -0.2) is 24.1 Å². The van der Waals surface area contributed by atoms with E-state index in [0.717, 1.165) is 11.3 Å². The largest absolute Gasteiger partial charge is 0.346 e. The summed E-state index contributed by atoms with van der Waals surface area (Å²) in [5.74, 6) is -0.274. The van der Waals surface area contributed by atoms with Crippen molar-refractivity contribution in [2.24, 2.45) is 7.05 Å². The normalized spacial score (nSPS) is 11.5. The maximum Gasteiger partial charge on any atom is 0.270 e. The highest BCUT2D eigenvalue weighted by molar-refractivity contribution is 8.15. The molecular formula is C10H10ClN3O3S2. The third-order valence-corrected chi connectivity index (χ3v) is 5.53. The Bertz CT molecular complexity index is 705. The van der Waals surface area contributed by atoms with Crippen LogP contribution in [0.4, 0.5) is 0 Å². The monoisotopic (exact) mass is 319 g/mol. The predicted molar refractivity (Wildman–Crippen MR) is 71.7 cm³/mol. The number of hydrogen-bond donors (Lipinski definition) is 1. The molecule has 0 aromatic carbocycles. The maximum absolute atomic E-state index is 11.8. The molecule has 0 aliphatic rings. The summed E-state index contributed by atoms with van der Waals surface area (Å²) in [4.78, 5) is 12.5. The van der Waals surface area contributed by atoms with Gasteiger partial charge in [-0.2, -0.15) is 5.10 Å². The highest BCUT2D eigenvalue weighted by atomic mass is 35.7. The Kier molecular flexibility index (Phi) is 3.93. The van der Waals surface area contributed by atoms with E-state index >= 15 is 0 Å². The van der Waals surface area contributed by atoms with Crippen molar-refractivity contribution < 1.29 is 13.2 Å². The highest BCUT2D eigenvalue weighted by Gasteiger charge is 2.14. The van der Waals surface area contributed by atoms with E-state index in [1.165, 1.54) is 16.9 Å². The lowest BCUT2D eigenvalue weighted by Crippen LogP contribution is -2.24. The van der Waals surface area contributed by atoms with Crippen molar-refractivity contribution in [3.63, 3.8) is 0 Å². The van der Waals surface area contributed by atoms with Gasteiger partial charge < -0.3 is 5.32 Å². The molecule has 0 saturated carbocycles. The van der Waals surface area contributed by atoms with Crippen molar-refractivity contribution in [3.8, 4) is 0 Å². The predicted octanol–water partition coefficient (Wildman–Crippen LogP) is 1.34. The summed E-state index contributed by atoms with van der Waals surface area (Å²) in [6, 6.07) is 4.63. The number of rotatable bonds is 4. The van der Waals surface area contributed by atoms with Gasteiger partial charge in [-0.15, -0.1) is 11.3 Å². The molecule has 0 bridgehead atoms. The average Bonchev–Trinajstić information content (AvgIpc) is 2.93. The average molecular weight is 320 g/mol. The smallest absolute Gasteiger partial charge is 0.270 e. The summed E-state index contributed by atoms with van der Waals surface area (Å²) in [5.41, 5.74) is 0.432. The number of carbonyl (C=O) groups excluding carboxylic acids is 1. The van der Waals surface area contributed by atoms with Crippen molar-refractivity contribution in [3.05, 3.63) is 35.0 Å². The zero-order valence-corrected chi connectivity index (χ0v) is 12.2. The third kappa shape index (κ3) is 3.34. The van der Waals surface area contributed by atoms with Crippen molar-refractivity contribution in [1.82, 2.24) is 15.1 Å². The van der Waals surface area contributed by atoms with Crippen molar-refractivity contribution >= 4 is 37.0 Å². The fourth-order valence-electron chi connectivity index (χ4n) is 1.44. The SMILES string of the molecule is Cn1nccc1C(=O)NCc1ccc(S(=O)(=O)Cl)s1. The van der Waals surface area contributed by atoms with Gasteiger partial charge in [0.2, 0.25) is 0 Å². The van der Waals surface area contributed by atoms with Crippen LogP contribution in [0.3, 0.4) is 0 Å². The Morgan fingerprint density at radius 1 is 1.47 bits per heavy atom. The molecule has 1 amide bonds.